The van der Waals surface area contributed by atoms with Gasteiger partial charge in [-0.05, 0) is 37.5 Å². The Kier molecular flexibility index (Phi) is 5.56. The van der Waals surface area contributed by atoms with Gasteiger partial charge in [0.05, 0.1) is 12.8 Å². The van der Waals surface area contributed by atoms with Gasteiger partial charge in [0.1, 0.15) is 17.8 Å². The van der Waals surface area contributed by atoms with Gasteiger partial charge in [0.2, 0.25) is 0 Å². The van der Waals surface area contributed by atoms with Crippen molar-refractivity contribution in [3.05, 3.63) is 11.9 Å². The second-order valence-electron chi connectivity index (χ2n) is 6.83. The summed E-state index contributed by atoms with van der Waals surface area (Å²) in [7, 11) is 0. The third-order valence-corrected chi connectivity index (χ3v) is 4.69. The first-order valence-corrected chi connectivity index (χ1v) is 8.14. The van der Waals surface area contributed by atoms with Gasteiger partial charge in [0, 0.05) is 0 Å². The van der Waals surface area contributed by atoms with E-state index >= 15 is 0 Å². The molecule has 4 atom stereocenters. The summed E-state index contributed by atoms with van der Waals surface area (Å²) in [4.78, 5) is 12.4. The van der Waals surface area contributed by atoms with Crippen LogP contribution in [0.1, 0.15) is 58.7 Å². The van der Waals surface area contributed by atoms with Gasteiger partial charge in [-0.25, -0.2) is 9.48 Å². The Morgan fingerprint density at radius 1 is 1.45 bits per heavy atom. The molecule has 1 aromatic heterocycles. The number of aliphatic hydroxyl groups is 1. The van der Waals surface area contributed by atoms with Gasteiger partial charge in [-0.2, -0.15) is 0 Å². The summed E-state index contributed by atoms with van der Waals surface area (Å²) in [5, 5.41) is 16.7. The first kappa shape index (κ1) is 16.9. The largest absolute Gasteiger partial charge is 0.460 e. The summed E-state index contributed by atoms with van der Waals surface area (Å²) in [6.45, 7) is 8.16. The number of aromatic nitrogens is 3. The van der Waals surface area contributed by atoms with E-state index in [0.717, 1.165) is 12.8 Å². The van der Waals surface area contributed by atoms with Crippen molar-refractivity contribution >= 4 is 5.97 Å². The van der Waals surface area contributed by atoms with E-state index in [0.29, 0.717) is 23.4 Å². The summed E-state index contributed by atoms with van der Waals surface area (Å²) in [6, 6.07) is -0.530. The van der Waals surface area contributed by atoms with Gasteiger partial charge in [0.25, 0.3) is 0 Å². The number of aliphatic hydroxyl groups excluding tert-OH is 1. The molecule has 4 unspecified atom stereocenters. The molecule has 2 rings (SSSR count). The monoisotopic (exact) mass is 309 g/mol. The first-order chi connectivity index (χ1) is 10.4. The average Bonchev–Trinajstić information content (AvgIpc) is 2.95. The van der Waals surface area contributed by atoms with Crippen LogP contribution in [0.3, 0.4) is 0 Å². The van der Waals surface area contributed by atoms with E-state index in [1.807, 2.05) is 0 Å². The predicted octanol–water partition coefficient (Wildman–Crippen LogP) is 2.34. The maximum absolute atomic E-state index is 12.4. The highest BCUT2D eigenvalue weighted by molar-refractivity contribution is 5.73. The van der Waals surface area contributed by atoms with Crippen LogP contribution in [0.4, 0.5) is 0 Å². The molecular weight excluding hydrogens is 282 g/mol. The van der Waals surface area contributed by atoms with Crippen molar-refractivity contribution in [1.82, 2.24) is 15.0 Å². The Labute approximate surface area is 131 Å². The molecule has 6 heteroatoms. The number of hydrogen-bond acceptors (Lipinski definition) is 5. The fraction of sp³-hybridized carbons (Fsp3) is 0.812. The minimum Gasteiger partial charge on any atom is -0.460 e. The molecule has 1 aliphatic carbocycles. The maximum atomic E-state index is 12.4. The lowest BCUT2D eigenvalue weighted by Gasteiger charge is -2.37. The topological polar surface area (TPSA) is 77.2 Å². The number of rotatable bonds is 5. The van der Waals surface area contributed by atoms with Crippen LogP contribution in [-0.2, 0) is 16.1 Å². The number of ether oxygens (including phenoxy) is 1. The van der Waals surface area contributed by atoms with Crippen LogP contribution < -0.4 is 0 Å². The Hall–Kier alpha value is -1.43. The Morgan fingerprint density at radius 2 is 2.18 bits per heavy atom. The minimum absolute atomic E-state index is 0.0143. The molecule has 0 saturated heterocycles. The van der Waals surface area contributed by atoms with Gasteiger partial charge in [-0.15, -0.1) is 5.10 Å². The lowest BCUT2D eigenvalue weighted by atomic mass is 9.75. The fourth-order valence-corrected chi connectivity index (χ4v) is 3.18. The van der Waals surface area contributed by atoms with Crippen molar-refractivity contribution in [2.75, 3.05) is 0 Å². The maximum Gasteiger partial charge on any atom is 0.330 e. The summed E-state index contributed by atoms with van der Waals surface area (Å²) in [5.41, 5.74) is 0.450. The zero-order valence-corrected chi connectivity index (χ0v) is 13.9. The molecule has 1 heterocycles. The second-order valence-corrected chi connectivity index (χ2v) is 6.83. The van der Waals surface area contributed by atoms with Gasteiger partial charge in [-0.1, -0.05) is 32.4 Å². The van der Waals surface area contributed by atoms with E-state index < -0.39 is 6.04 Å². The van der Waals surface area contributed by atoms with Crippen LogP contribution in [0, 0.1) is 17.8 Å². The van der Waals surface area contributed by atoms with E-state index in [-0.39, 0.29) is 18.7 Å². The SMILES string of the molecule is CC1CCC(C(C)C)C(OC(=O)C(C)n2cc(CO)nn2)C1. The molecule has 0 bridgehead atoms. The standard InChI is InChI=1S/C16H27N3O3/c1-10(2)14-6-5-11(3)7-15(14)22-16(21)12(4)19-8-13(9-20)17-18-19/h8,10-12,14-15,20H,5-7,9H2,1-4H3. The van der Waals surface area contributed by atoms with Gasteiger partial charge < -0.3 is 9.84 Å². The van der Waals surface area contributed by atoms with Gasteiger partial charge in [-0.3, -0.25) is 0 Å². The molecule has 1 N–H and O–H groups in total. The Bertz CT molecular complexity index is 501. The summed E-state index contributed by atoms with van der Waals surface area (Å²) >= 11 is 0. The smallest absolute Gasteiger partial charge is 0.330 e. The highest BCUT2D eigenvalue weighted by atomic mass is 16.5. The van der Waals surface area contributed by atoms with Crippen LogP contribution in [0.15, 0.2) is 6.20 Å². The quantitative estimate of drug-likeness (QED) is 0.845. The van der Waals surface area contributed by atoms with Crippen molar-refractivity contribution < 1.29 is 14.6 Å². The van der Waals surface area contributed by atoms with Crippen LogP contribution in [0.25, 0.3) is 0 Å². The molecule has 1 fully saturated rings. The summed E-state index contributed by atoms with van der Waals surface area (Å²) in [5.74, 6) is 1.25. The van der Waals surface area contributed by atoms with Crippen LogP contribution >= 0.6 is 0 Å². The normalized spacial score (nSPS) is 26.9. The van der Waals surface area contributed by atoms with E-state index in [9.17, 15) is 4.79 Å². The summed E-state index contributed by atoms with van der Waals surface area (Å²) in [6.07, 6.45) is 4.81. The Morgan fingerprint density at radius 3 is 2.77 bits per heavy atom. The molecule has 1 saturated carbocycles. The highest BCUT2D eigenvalue weighted by Crippen LogP contribution is 2.35. The number of esters is 1. The molecule has 0 aromatic carbocycles. The molecule has 0 aliphatic heterocycles. The fourth-order valence-electron chi connectivity index (χ4n) is 3.18. The van der Waals surface area contributed by atoms with Crippen molar-refractivity contribution in [2.45, 2.75) is 65.7 Å². The van der Waals surface area contributed by atoms with Crippen molar-refractivity contribution in [1.29, 1.82) is 0 Å². The lowest BCUT2D eigenvalue weighted by Crippen LogP contribution is -2.37. The van der Waals surface area contributed by atoms with Crippen LogP contribution in [0.2, 0.25) is 0 Å². The van der Waals surface area contributed by atoms with Crippen molar-refractivity contribution in [3.8, 4) is 0 Å². The highest BCUT2D eigenvalue weighted by Gasteiger charge is 2.34. The molecule has 124 valence electrons. The third kappa shape index (κ3) is 3.85. The lowest BCUT2D eigenvalue weighted by molar-refractivity contribution is -0.159. The Balaban J connectivity index is 2.02. The number of hydrogen-bond donors (Lipinski definition) is 1. The number of nitrogens with zero attached hydrogens (tertiary/aromatic N) is 3. The minimum atomic E-state index is -0.530. The van der Waals surface area contributed by atoms with Crippen molar-refractivity contribution in [3.63, 3.8) is 0 Å². The van der Waals surface area contributed by atoms with E-state index in [1.54, 1.807) is 13.1 Å². The second kappa shape index (κ2) is 7.22. The van der Waals surface area contributed by atoms with Crippen LogP contribution in [-0.4, -0.2) is 32.2 Å². The van der Waals surface area contributed by atoms with E-state index in [2.05, 4.69) is 31.1 Å². The van der Waals surface area contributed by atoms with Crippen molar-refractivity contribution in [2.24, 2.45) is 17.8 Å². The molecule has 1 aliphatic rings. The number of carbonyl (C=O) groups excluding carboxylic acids is 1. The van der Waals surface area contributed by atoms with Gasteiger partial charge >= 0.3 is 5.97 Å². The number of carbonyl (C=O) groups is 1. The first-order valence-electron chi connectivity index (χ1n) is 8.14. The van der Waals surface area contributed by atoms with E-state index in [1.165, 1.54) is 11.1 Å². The molecular formula is C16H27N3O3. The van der Waals surface area contributed by atoms with E-state index in [4.69, 9.17) is 9.84 Å². The van der Waals surface area contributed by atoms with Crippen LogP contribution in [0.5, 0.6) is 0 Å². The average molecular weight is 309 g/mol. The summed E-state index contributed by atoms with van der Waals surface area (Å²) < 4.78 is 7.25. The predicted molar refractivity (Wildman–Crippen MR) is 81.9 cm³/mol. The zero-order valence-electron chi connectivity index (χ0n) is 13.9. The molecule has 0 spiro atoms. The molecule has 0 radical (unpaired) electrons. The molecule has 1 aromatic rings. The molecule has 0 amide bonds. The van der Waals surface area contributed by atoms with Gasteiger partial charge in [0.15, 0.2) is 0 Å². The zero-order chi connectivity index (χ0) is 16.3. The molecule has 22 heavy (non-hydrogen) atoms. The molecule has 6 nitrogen and oxygen atoms in total. The third-order valence-electron chi connectivity index (χ3n) is 4.69.